The second kappa shape index (κ2) is 11.0. The number of hydrogen-bond acceptors (Lipinski definition) is 6. The lowest BCUT2D eigenvalue weighted by atomic mass is 9.82. The molecule has 3 aromatic rings. The van der Waals surface area contributed by atoms with Gasteiger partial charge >= 0.3 is 0 Å². The highest BCUT2D eigenvalue weighted by molar-refractivity contribution is 7.89. The Morgan fingerprint density at radius 1 is 1.14 bits per heavy atom. The number of aryl methyl sites for hydroxylation is 1. The van der Waals surface area contributed by atoms with Gasteiger partial charge < -0.3 is 19.1 Å². The quantitative estimate of drug-likeness (QED) is 0.434. The first-order valence-corrected chi connectivity index (χ1v) is 13.9. The van der Waals surface area contributed by atoms with E-state index in [1.807, 2.05) is 59.8 Å². The minimum Gasteiger partial charge on any atom is -0.597 e. The van der Waals surface area contributed by atoms with Gasteiger partial charge in [0.05, 0.1) is 18.3 Å². The molecule has 0 amide bonds. The van der Waals surface area contributed by atoms with E-state index in [0.29, 0.717) is 31.9 Å². The third-order valence-electron chi connectivity index (χ3n) is 7.55. The predicted molar refractivity (Wildman–Crippen MR) is 138 cm³/mol. The second-order valence-electron chi connectivity index (χ2n) is 9.96. The zero-order valence-electron chi connectivity index (χ0n) is 20.9. The Morgan fingerprint density at radius 3 is 2.61 bits per heavy atom. The molecule has 1 N–H and O–H groups in total. The number of ether oxygens (including phenoxy) is 1. The predicted octanol–water partition coefficient (Wildman–Crippen LogP) is 5.31. The van der Waals surface area contributed by atoms with Crippen molar-refractivity contribution < 1.29 is 18.2 Å². The van der Waals surface area contributed by atoms with Crippen molar-refractivity contribution in [3.63, 3.8) is 0 Å². The number of nitrogens with one attached hydrogen (secondary N) is 1. The summed E-state index contributed by atoms with van der Waals surface area (Å²) in [5, 5.41) is 7.65. The standard InChI is InChI=1S/C28H34FN3O3S/c1-20-8-11-27(22-6-4-3-5-7-22)36(33)32(20)19-23-9-10-24(17-26(23)29)28(12-14-34-15-13-28)30-18-25-16-21(2)35-31-25/h3-7,9-10,16-17,20,27,30H,8,11-15,18-19H2,1-2H3/t20-,27+,36?/m0/s1. The molecule has 2 aliphatic rings. The van der Waals surface area contributed by atoms with E-state index < -0.39 is 16.9 Å². The van der Waals surface area contributed by atoms with E-state index in [4.69, 9.17) is 9.26 Å². The molecule has 8 heteroatoms. The summed E-state index contributed by atoms with van der Waals surface area (Å²) in [6.07, 6.45) is 3.29. The van der Waals surface area contributed by atoms with Crippen LogP contribution < -0.4 is 5.32 Å². The topological polar surface area (TPSA) is 73.6 Å². The van der Waals surface area contributed by atoms with Gasteiger partial charge in [-0.2, -0.15) is 0 Å². The van der Waals surface area contributed by atoms with Gasteiger partial charge in [0.2, 0.25) is 0 Å². The Kier molecular flexibility index (Phi) is 7.79. The second-order valence-corrected chi connectivity index (χ2v) is 11.6. The van der Waals surface area contributed by atoms with Gasteiger partial charge in [0, 0.05) is 60.3 Å². The minimum absolute atomic E-state index is 0.0559. The lowest BCUT2D eigenvalue weighted by molar-refractivity contribution is 0.0354. The minimum atomic E-state index is -1.22. The molecular formula is C28H34FN3O3S. The zero-order chi connectivity index (χ0) is 25.1. The molecule has 5 rings (SSSR count). The lowest BCUT2D eigenvalue weighted by Gasteiger charge is -2.39. The molecule has 2 saturated heterocycles. The van der Waals surface area contributed by atoms with E-state index in [9.17, 15) is 4.55 Å². The third-order valence-corrected chi connectivity index (χ3v) is 9.49. The number of nitrogens with zero attached hydrogens (tertiary/aromatic N) is 2. The summed E-state index contributed by atoms with van der Waals surface area (Å²) in [5.41, 5.74) is 2.98. The van der Waals surface area contributed by atoms with Crippen LogP contribution in [0.25, 0.3) is 0 Å². The van der Waals surface area contributed by atoms with Crippen LogP contribution in [0.15, 0.2) is 59.1 Å². The first-order chi connectivity index (χ1) is 17.4. The molecule has 0 radical (unpaired) electrons. The SMILES string of the molecule is Cc1cc(CNC2(c3ccc(CN4[C@@H](C)CC[C@H](c5ccccc5)[S+]4[O-])c(F)c3)CCOCC2)no1. The summed E-state index contributed by atoms with van der Waals surface area (Å²) in [7, 11) is 0. The first kappa shape index (κ1) is 25.4. The van der Waals surface area contributed by atoms with Crippen molar-refractivity contribution in [3.05, 3.63) is 88.6 Å². The van der Waals surface area contributed by atoms with Crippen LogP contribution in [0.5, 0.6) is 0 Å². The molecule has 3 heterocycles. The summed E-state index contributed by atoms with van der Waals surface area (Å²) in [5.74, 6) is 0.505. The van der Waals surface area contributed by atoms with E-state index in [0.717, 1.165) is 48.3 Å². The number of hydrogen-bond donors (Lipinski definition) is 1. The van der Waals surface area contributed by atoms with Crippen molar-refractivity contribution in [1.82, 2.24) is 14.8 Å². The molecule has 0 bridgehead atoms. The van der Waals surface area contributed by atoms with Crippen molar-refractivity contribution in [3.8, 4) is 0 Å². The highest BCUT2D eigenvalue weighted by Gasteiger charge is 2.40. The molecule has 6 nitrogen and oxygen atoms in total. The summed E-state index contributed by atoms with van der Waals surface area (Å²) in [6, 6.07) is 17.6. The molecule has 192 valence electrons. The zero-order valence-corrected chi connectivity index (χ0v) is 21.7. The Balaban J connectivity index is 1.34. The summed E-state index contributed by atoms with van der Waals surface area (Å²) >= 11 is -1.22. The van der Waals surface area contributed by atoms with E-state index in [-0.39, 0.29) is 17.1 Å². The van der Waals surface area contributed by atoms with Gasteiger partial charge in [0.1, 0.15) is 11.6 Å². The van der Waals surface area contributed by atoms with Gasteiger partial charge in [0.15, 0.2) is 5.25 Å². The fourth-order valence-electron chi connectivity index (χ4n) is 5.34. The molecule has 2 fully saturated rings. The maximum absolute atomic E-state index is 15.6. The monoisotopic (exact) mass is 511 g/mol. The largest absolute Gasteiger partial charge is 0.597 e. The van der Waals surface area contributed by atoms with Crippen LogP contribution in [0.1, 0.15) is 66.0 Å². The number of benzene rings is 2. The normalized spacial score (nSPS) is 24.6. The van der Waals surface area contributed by atoms with Gasteiger partial charge in [0.25, 0.3) is 0 Å². The number of halogens is 1. The average molecular weight is 512 g/mol. The molecule has 1 aromatic heterocycles. The van der Waals surface area contributed by atoms with Crippen LogP contribution in [0.4, 0.5) is 4.39 Å². The number of rotatable bonds is 7. The Bertz CT molecular complexity index is 1150. The van der Waals surface area contributed by atoms with Crippen LogP contribution in [-0.4, -0.2) is 33.3 Å². The van der Waals surface area contributed by atoms with Crippen LogP contribution in [0.3, 0.4) is 0 Å². The van der Waals surface area contributed by atoms with E-state index in [1.165, 1.54) is 0 Å². The van der Waals surface area contributed by atoms with Gasteiger partial charge in [-0.15, -0.1) is 4.31 Å². The summed E-state index contributed by atoms with van der Waals surface area (Å²) < 4.78 is 41.8. The Morgan fingerprint density at radius 2 is 1.92 bits per heavy atom. The van der Waals surface area contributed by atoms with Gasteiger partial charge in [-0.3, -0.25) is 0 Å². The third kappa shape index (κ3) is 5.38. The molecule has 0 saturated carbocycles. The van der Waals surface area contributed by atoms with Gasteiger partial charge in [-0.25, -0.2) is 4.39 Å². The fraction of sp³-hybridized carbons (Fsp3) is 0.464. The maximum Gasteiger partial charge on any atom is 0.160 e. The highest BCUT2D eigenvalue weighted by Crippen LogP contribution is 2.39. The fourth-order valence-corrected chi connectivity index (χ4v) is 7.12. The molecule has 3 atom stereocenters. The smallest absolute Gasteiger partial charge is 0.160 e. The average Bonchev–Trinajstić information content (AvgIpc) is 3.32. The van der Waals surface area contributed by atoms with Crippen molar-refractivity contribution in [1.29, 1.82) is 0 Å². The van der Waals surface area contributed by atoms with Gasteiger partial charge in [-0.05, 0) is 44.7 Å². The van der Waals surface area contributed by atoms with E-state index in [1.54, 1.807) is 6.07 Å². The van der Waals surface area contributed by atoms with Gasteiger partial charge in [-0.1, -0.05) is 47.6 Å². The number of aromatic nitrogens is 1. The highest BCUT2D eigenvalue weighted by atomic mass is 32.2. The molecule has 0 spiro atoms. The molecule has 2 aliphatic heterocycles. The van der Waals surface area contributed by atoms with Crippen molar-refractivity contribution in [2.75, 3.05) is 13.2 Å². The Labute approximate surface area is 215 Å². The molecule has 36 heavy (non-hydrogen) atoms. The van der Waals surface area contributed by atoms with Crippen molar-refractivity contribution in [2.45, 2.75) is 69.5 Å². The van der Waals surface area contributed by atoms with Crippen LogP contribution >= 0.6 is 0 Å². The summed E-state index contributed by atoms with van der Waals surface area (Å²) in [6.45, 7) is 6.03. The van der Waals surface area contributed by atoms with Crippen LogP contribution in [0, 0.1) is 12.7 Å². The van der Waals surface area contributed by atoms with Crippen molar-refractivity contribution >= 4 is 11.4 Å². The summed E-state index contributed by atoms with van der Waals surface area (Å²) in [4.78, 5) is 0. The molecule has 1 unspecified atom stereocenters. The van der Waals surface area contributed by atoms with E-state index in [2.05, 4.69) is 17.4 Å². The van der Waals surface area contributed by atoms with Crippen molar-refractivity contribution in [2.24, 2.45) is 0 Å². The first-order valence-electron chi connectivity index (χ1n) is 12.7. The molecular weight excluding hydrogens is 477 g/mol. The Hall–Kier alpha value is -2.23. The maximum atomic E-state index is 15.6. The lowest BCUT2D eigenvalue weighted by Crippen LogP contribution is -2.46. The van der Waals surface area contributed by atoms with E-state index >= 15 is 4.39 Å². The van der Waals surface area contributed by atoms with Crippen LogP contribution in [0.2, 0.25) is 0 Å². The molecule has 2 aromatic carbocycles. The molecule has 0 aliphatic carbocycles. The van der Waals surface area contributed by atoms with Crippen LogP contribution in [-0.2, 0) is 34.7 Å².